The molecule has 0 aliphatic carbocycles. The number of thiazole rings is 1. The first-order valence-corrected chi connectivity index (χ1v) is 9.35. The third-order valence-corrected chi connectivity index (χ3v) is 5.20. The van der Waals surface area contributed by atoms with Gasteiger partial charge in [0.2, 0.25) is 0 Å². The van der Waals surface area contributed by atoms with Crippen LogP contribution >= 0.6 is 22.9 Å². The zero-order valence-electron chi connectivity index (χ0n) is 14.3. The SMILES string of the molecule is COc1cccc(-c2csc3nc(/C=C/c4cccnc4)c(Cl)c(=O)n23)c1. The lowest BCUT2D eigenvalue weighted by atomic mass is 10.1. The van der Waals surface area contributed by atoms with E-state index in [-0.39, 0.29) is 10.6 Å². The van der Waals surface area contributed by atoms with Crippen LogP contribution in [-0.4, -0.2) is 21.5 Å². The standard InChI is InChI=1S/C20H14ClN3O2S/c1-26-15-6-2-5-14(10-15)17-12-27-20-23-16(18(21)19(25)24(17)20)8-7-13-4-3-9-22-11-13/h2-12H,1H3/b8-7+. The van der Waals surface area contributed by atoms with Crippen LogP contribution in [0.2, 0.25) is 5.02 Å². The molecule has 27 heavy (non-hydrogen) atoms. The summed E-state index contributed by atoms with van der Waals surface area (Å²) in [6, 6.07) is 11.3. The molecule has 1 aromatic carbocycles. The first-order valence-electron chi connectivity index (χ1n) is 8.09. The second kappa shape index (κ2) is 7.34. The van der Waals surface area contributed by atoms with Crippen molar-refractivity contribution in [2.24, 2.45) is 0 Å². The van der Waals surface area contributed by atoms with Gasteiger partial charge in [-0.3, -0.25) is 9.78 Å². The van der Waals surface area contributed by atoms with Crippen LogP contribution in [0.3, 0.4) is 0 Å². The third kappa shape index (κ3) is 3.37. The molecule has 0 fully saturated rings. The molecule has 0 spiro atoms. The van der Waals surface area contributed by atoms with E-state index in [1.807, 2.05) is 47.9 Å². The molecular weight excluding hydrogens is 382 g/mol. The molecule has 134 valence electrons. The summed E-state index contributed by atoms with van der Waals surface area (Å²) in [7, 11) is 1.61. The minimum atomic E-state index is -0.299. The average Bonchev–Trinajstić information content (AvgIpc) is 3.14. The Morgan fingerprint density at radius 3 is 2.89 bits per heavy atom. The maximum absolute atomic E-state index is 12.9. The Morgan fingerprint density at radius 1 is 1.22 bits per heavy atom. The summed E-state index contributed by atoms with van der Waals surface area (Å²) in [5.41, 5.74) is 2.63. The molecule has 0 unspecified atom stereocenters. The first kappa shape index (κ1) is 17.5. The lowest BCUT2D eigenvalue weighted by Gasteiger charge is -2.05. The van der Waals surface area contributed by atoms with E-state index in [0.717, 1.165) is 22.6 Å². The normalized spacial score (nSPS) is 11.3. The zero-order valence-corrected chi connectivity index (χ0v) is 15.9. The lowest BCUT2D eigenvalue weighted by Crippen LogP contribution is -2.16. The highest BCUT2D eigenvalue weighted by atomic mass is 35.5. The van der Waals surface area contributed by atoms with Crippen molar-refractivity contribution < 1.29 is 4.74 Å². The smallest absolute Gasteiger partial charge is 0.278 e. The number of rotatable bonds is 4. The second-order valence-corrected chi connectivity index (χ2v) is 6.92. The van der Waals surface area contributed by atoms with E-state index in [4.69, 9.17) is 16.3 Å². The van der Waals surface area contributed by atoms with Gasteiger partial charge in [0, 0.05) is 23.3 Å². The number of hydrogen-bond donors (Lipinski definition) is 0. The molecule has 5 nitrogen and oxygen atoms in total. The van der Waals surface area contributed by atoms with E-state index < -0.39 is 0 Å². The molecule has 0 saturated heterocycles. The number of fused-ring (bicyclic) bond motifs is 1. The van der Waals surface area contributed by atoms with Gasteiger partial charge in [0.1, 0.15) is 10.8 Å². The molecule has 4 aromatic rings. The number of halogens is 1. The van der Waals surface area contributed by atoms with E-state index in [0.29, 0.717) is 10.7 Å². The number of nitrogens with zero attached hydrogens (tertiary/aromatic N) is 3. The molecule has 3 aromatic heterocycles. The fourth-order valence-electron chi connectivity index (χ4n) is 2.69. The van der Waals surface area contributed by atoms with E-state index >= 15 is 0 Å². The average molecular weight is 396 g/mol. The summed E-state index contributed by atoms with van der Waals surface area (Å²) in [5.74, 6) is 0.718. The van der Waals surface area contributed by atoms with Gasteiger partial charge in [0.05, 0.1) is 18.5 Å². The Hall–Kier alpha value is -2.96. The molecule has 7 heteroatoms. The summed E-state index contributed by atoms with van der Waals surface area (Å²) in [6.07, 6.45) is 6.98. The Labute approximate surface area is 164 Å². The van der Waals surface area contributed by atoms with Crippen LogP contribution in [0, 0.1) is 0 Å². The topological polar surface area (TPSA) is 56.5 Å². The van der Waals surface area contributed by atoms with Crippen molar-refractivity contribution in [1.29, 1.82) is 0 Å². The van der Waals surface area contributed by atoms with Crippen LogP contribution in [0.4, 0.5) is 0 Å². The highest BCUT2D eigenvalue weighted by Gasteiger charge is 2.15. The van der Waals surface area contributed by atoms with E-state index in [2.05, 4.69) is 9.97 Å². The van der Waals surface area contributed by atoms with Gasteiger partial charge in [0.25, 0.3) is 5.56 Å². The summed E-state index contributed by atoms with van der Waals surface area (Å²) in [4.78, 5) is 22.1. The third-order valence-electron chi connectivity index (χ3n) is 4.02. The van der Waals surface area contributed by atoms with Gasteiger partial charge in [-0.15, -0.1) is 11.3 Å². The van der Waals surface area contributed by atoms with Crippen LogP contribution in [0.15, 0.2) is 59.0 Å². The van der Waals surface area contributed by atoms with Crippen LogP contribution in [-0.2, 0) is 0 Å². The van der Waals surface area contributed by atoms with Crippen molar-refractivity contribution in [3.05, 3.63) is 80.8 Å². The van der Waals surface area contributed by atoms with Gasteiger partial charge in [-0.25, -0.2) is 9.38 Å². The van der Waals surface area contributed by atoms with E-state index in [9.17, 15) is 4.79 Å². The maximum atomic E-state index is 12.9. The number of methoxy groups -OCH3 is 1. The molecule has 0 atom stereocenters. The summed E-state index contributed by atoms with van der Waals surface area (Å²) >= 11 is 7.72. The summed E-state index contributed by atoms with van der Waals surface area (Å²) < 4.78 is 6.80. The summed E-state index contributed by atoms with van der Waals surface area (Å²) in [5, 5.41) is 1.97. The van der Waals surface area contributed by atoms with Gasteiger partial charge in [-0.1, -0.05) is 35.9 Å². The maximum Gasteiger partial charge on any atom is 0.278 e. The zero-order chi connectivity index (χ0) is 18.8. The lowest BCUT2D eigenvalue weighted by molar-refractivity contribution is 0.415. The predicted octanol–water partition coefficient (Wildman–Crippen LogP) is 4.65. The van der Waals surface area contributed by atoms with Gasteiger partial charge < -0.3 is 4.74 Å². The van der Waals surface area contributed by atoms with Gasteiger partial charge in [0.15, 0.2) is 4.96 Å². The van der Waals surface area contributed by atoms with Crippen molar-refractivity contribution in [3.8, 4) is 17.0 Å². The van der Waals surface area contributed by atoms with Crippen molar-refractivity contribution >= 4 is 40.1 Å². The molecular formula is C20H14ClN3O2S. The van der Waals surface area contributed by atoms with Gasteiger partial charge in [-0.05, 0) is 29.8 Å². The minimum Gasteiger partial charge on any atom is -0.497 e. The number of pyridine rings is 1. The Balaban J connectivity index is 1.82. The first-order chi connectivity index (χ1) is 13.2. The number of aromatic nitrogens is 3. The molecule has 0 saturated carbocycles. The second-order valence-electron chi connectivity index (χ2n) is 5.71. The fraction of sp³-hybridized carbons (Fsp3) is 0.0500. The van der Waals surface area contributed by atoms with Crippen LogP contribution in [0.5, 0.6) is 5.75 Å². The van der Waals surface area contributed by atoms with Gasteiger partial charge >= 0.3 is 0 Å². The molecule has 0 amide bonds. The summed E-state index contributed by atoms with van der Waals surface area (Å²) in [6.45, 7) is 0. The molecule has 0 aliphatic heterocycles. The highest BCUT2D eigenvalue weighted by Crippen LogP contribution is 2.28. The molecule has 0 aliphatic rings. The monoisotopic (exact) mass is 395 g/mol. The Kier molecular flexibility index (Phi) is 4.75. The van der Waals surface area contributed by atoms with Crippen LogP contribution in [0.1, 0.15) is 11.3 Å². The molecule has 0 N–H and O–H groups in total. The number of hydrogen-bond acceptors (Lipinski definition) is 5. The Morgan fingerprint density at radius 2 is 2.11 bits per heavy atom. The minimum absolute atomic E-state index is 0.0789. The molecule has 4 rings (SSSR count). The Bertz CT molecular complexity index is 1200. The van der Waals surface area contributed by atoms with E-state index in [1.165, 1.54) is 15.7 Å². The quantitative estimate of drug-likeness (QED) is 0.504. The van der Waals surface area contributed by atoms with E-state index in [1.54, 1.807) is 25.6 Å². The van der Waals surface area contributed by atoms with Crippen LogP contribution in [0.25, 0.3) is 28.4 Å². The fourth-order valence-corrected chi connectivity index (χ4v) is 3.78. The van der Waals surface area contributed by atoms with Crippen molar-refractivity contribution in [2.75, 3.05) is 7.11 Å². The predicted molar refractivity (Wildman–Crippen MR) is 110 cm³/mol. The molecule has 0 radical (unpaired) electrons. The largest absolute Gasteiger partial charge is 0.497 e. The molecule has 3 heterocycles. The van der Waals surface area contributed by atoms with Crippen molar-refractivity contribution in [3.63, 3.8) is 0 Å². The van der Waals surface area contributed by atoms with Crippen molar-refractivity contribution in [2.45, 2.75) is 0 Å². The van der Waals surface area contributed by atoms with Crippen LogP contribution < -0.4 is 10.3 Å². The highest BCUT2D eigenvalue weighted by molar-refractivity contribution is 7.15. The van der Waals surface area contributed by atoms with Gasteiger partial charge in [-0.2, -0.15) is 0 Å². The molecule has 0 bridgehead atoms. The van der Waals surface area contributed by atoms with Crippen molar-refractivity contribution in [1.82, 2.24) is 14.4 Å². The number of benzene rings is 1. The number of ether oxygens (including phenoxy) is 1.